The topological polar surface area (TPSA) is 69.1 Å². The molecule has 0 bridgehead atoms. The van der Waals surface area contributed by atoms with Crippen LogP contribution in [-0.2, 0) is 4.79 Å². The van der Waals surface area contributed by atoms with E-state index < -0.39 is 0 Å². The number of rotatable bonds is 5. The fourth-order valence-corrected chi connectivity index (χ4v) is 3.84. The lowest BCUT2D eigenvalue weighted by atomic mass is 9.87. The van der Waals surface area contributed by atoms with Gasteiger partial charge < -0.3 is 10.2 Å². The minimum absolute atomic E-state index is 0.136. The number of primary amides is 1. The number of carbonyl (C=O) groups excluding carboxylic acids is 1. The standard InChI is InChI=1S/C24H21ClN2O2/c1-14(2)22(23(26)28)16-9-7-15(8-10-16)18-5-3-4-6-19(18)24-27-20-12-11-17(25)13-21(20)29-24/h3-14,22H,1-2H3,(H2,26,28). The molecule has 0 saturated heterocycles. The lowest BCUT2D eigenvalue weighted by Crippen LogP contribution is -2.25. The Morgan fingerprint density at radius 3 is 2.34 bits per heavy atom. The first-order chi connectivity index (χ1) is 13.9. The van der Waals surface area contributed by atoms with Crippen LogP contribution in [-0.4, -0.2) is 10.9 Å². The molecule has 1 unspecified atom stereocenters. The minimum Gasteiger partial charge on any atom is -0.436 e. The molecule has 0 fully saturated rings. The molecule has 4 rings (SSSR count). The number of hydrogen-bond donors (Lipinski definition) is 1. The van der Waals surface area contributed by atoms with Crippen molar-refractivity contribution in [2.24, 2.45) is 11.7 Å². The van der Waals surface area contributed by atoms with Gasteiger partial charge in [0.15, 0.2) is 5.58 Å². The Bertz CT molecular complexity index is 1180. The zero-order valence-corrected chi connectivity index (χ0v) is 17.0. The molecule has 3 aromatic carbocycles. The van der Waals surface area contributed by atoms with Crippen LogP contribution in [0.15, 0.2) is 71.1 Å². The molecule has 2 N–H and O–H groups in total. The van der Waals surface area contributed by atoms with E-state index in [2.05, 4.69) is 4.98 Å². The van der Waals surface area contributed by atoms with Crippen molar-refractivity contribution in [3.63, 3.8) is 0 Å². The molecule has 1 aromatic heterocycles. The van der Waals surface area contributed by atoms with Crippen molar-refractivity contribution in [2.45, 2.75) is 19.8 Å². The Hall–Kier alpha value is -3.11. The molecular weight excluding hydrogens is 384 g/mol. The second-order valence-electron chi connectivity index (χ2n) is 7.42. The zero-order valence-electron chi connectivity index (χ0n) is 16.2. The molecule has 1 atom stereocenters. The normalized spacial score (nSPS) is 12.4. The van der Waals surface area contributed by atoms with Crippen molar-refractivity contribution in [2.75, 3.05) is 0 Å². The Balaban J connectivity index is 1.75. The van der Waals surface area contributed by atoms with Gasteiger partial charge in [-0.15, -0.1) is 0 Å². The van der Waals surface area contributed by atoms with Crippen molar-refractivity contribution in [3.05, 3.63) is 77.3 Å². The second-order valence-corrected chi connectivity index (χ2v) is 7.86. The molecule has 146 valence electrons. The summed E-state index contributed by atoms with van der Waals surface area (Å²) in [5, 5.41) is 0.609. The molecule has 1 amide bonds. The summed E-state index contributed by atoms with van der Waals surface area (Å²) in [6, 6.07) is 21.3. The fourth-order valence-electron chi connectivity index (χ4n) is 3.68. The largest absolute Gasteiger partial charge is 0.436 e. The van der Waals surface area contributed by atoms with Gasteiger partial charge in [-0.2, -0.15) is 0 Å². The summed E-state index contributed by atoms with van der Waals surface area (Å²) >= 11 is 6.07. The predicted molar refractivity (Wildman–Crippen MR) is 117 cm³/mol. The van der Waals surface area contributed by atoms with Gasteiger partial charge in [-0.3, -0.25) is 4.79 Å². The molecule has 0 aliphatic carbocycles. The van der Waals surface area contributed by atoms with Gasteiger partial charge in [0.2, 0.25) is 11.8 Å². The summed E-state index contributed by atoms with van der Waals surface area (Å²) in [7, 11) is 0. The SMILES string of the molecule is CC(C)C(C(N)=O)c1ccc(-c2ccccc2-c2nc3ccc(Cl)cc3o2)cc1. The molecule has 4 nitrogen and oxygen atoms in total. The van der Waals surface area contributed by atoms with Gasteiger partial charge in [0.25, 0.3) is 0 Å². The zero-order chi connectivity index (χ0) is 20.5. The van der Waals surface area contributed by atoms with Crippen LogP contribution >= 0.6 is 11.6 Å². The number of oxazole rings is 1. The molecule has 0 saturated carbocycles. The maximum Gasteiger partial charge on any atom is 0.227 e. The van der Waals surface area contributed by atoms with Crippen molar-refractivity contribution < 1.29 is 9.21 Å². The number of benzene rings is 3. The quantitative estimate of drug-likeness (QED) is 0.440. The number of aromatic nitrogens is 1. The van der Waals surface area contributed by atoms with Crippen molar-refractivity contribution in [3.8, 4) is 22.6 Å². The van der Waals surface area contributed by atoms with E-state index in [1.807, 2.05) is 68.4 Å². The molecule has 4 aromatic rings. The smallest absolute Gasteiger partial charge is 0.227 e. The number of nitrogens with two attached hydrogens (primary N) is 1. The van der Waals surface area contributed by atoms with Gasteiger partial charge >= 0.3 is 0 Å². The first-order valence-electron chi connectivity index (χ1n) is 9.49. The average molecular weight is 405 g/mol. The molecule has 5 heteroatoms. The Morgan fingerprint density at radius 1 is 1.00 bits per heavy atom. The molecule has 0 aliphatic rings. The lowest BCUT2D eigenvalue weighted by Gasteiger charge is -2.18. The molecule has 29 heavy (non-hydrogen) atoms. The Morgan fingerprint density at radius 2 is 1.69 bits per heavy atom. The van der Waals surface area contributed by atoms with E-state index in [0.717, 1.165) is 27.8 Å². The summed E-state index contributed by atoms with van der Waals surface area (Å²) in [6.07, 6.45) is 0. The van der Waals surface area contributed by atoms with Gasteiger partial charge in [0, 0.05) is 16.7 Å². The third-order valence-corrected chi connectivity index (χ3v) is 5.30. The highest BCUT2D eigenvalue weighted by Crippen LogP contribution is 2.35. The van der Waals surface area contributed by atoms with E-state index in [1.54, 1.807) is 12.1 Å². The van der Waals surface area contributed by atoms with Gasteiger partial charge in [-0.05, 0) is 40.8 Å². The molecule has 0 aliphatic heterocycles. The predicted octanol–water partition coefficient (Wildman–Crippen LogP) is 6.04. The first kappa shape index (κ1) is 19.2. The highest BCUT2D eigenvalue weighted by molar-refractivity contribution is 6.31. The van der Waals surface area contributed by atoms with E-state index >= 15 is 0 Å². The van der Waals surface area contributed by atoms with Crippen LogP contribution in [0.2, 0.25) is 5.02 Å². The molecule has 0 spiro atoms. The second kappa shape index (κ2) is 7.72. The van der Waals surface area contributed by atoms with Gasteiger partial charge in [0.1, 0.15) is 5.52 Å². The Labute approximate surface area is 174 Å². The van der Waals surface area contributed by atoms with Crippen LogP contribution < -0.4 is 5.73 Å². The number of carbonyl (C=O) groups is 1. The Kier molecular flexibility index (Phi) is 5.12. The van der Waals surface area contributed by atoms with E-state index in [9.17, 15) is 4.79 Å². The van der Waals surface area contributed by atoms with E-state index in [0.29, 0.717) is 16.5 Å². The number of halogens is 1. The number of nitrogens with zero attached hydrogens (tertiary/aromatic N) is 1. The number of fused-ring (bicyclic) bond motifs is 1. The summed E-state index contributed by atoms with van der Waals surface area (Å²) in [5.41, 5.74) is 10.8. The molecule has 1 heterocycles. The summed E-state index contributed by atoms with van der Waals surface area (Å²) in [4.78, 5) is 16.5. The third kappa shape index (κ3) is 3.76. The average Bonchev–Trinajstić information content (AvgIpc) is 3.11. The van der Waals surface area contributed by atoms with Crippen LogP contribution in [0.3, 0.4) is 0 Å². The van der Waals surface area contributed by atoms with Crippen LogP contribution in [0.1, 0.15) is 25.3 Å². The van der Waals surface area contributed by atoms with E-state index in [1.165, 1.54) is 0 Å². The van der Waals surface area contributed by atoms with Crippen molar-refractivity contribution in [1.29, 1.82) is 0 Å². The van der Waals surface area contributed by atoms with E-state index in [-0.39, 0.29) is 17.7 Å². The summed E-state index contributed by atoms with van der Waals surface area (Å²) < 4.78 is 5.97. The van der Waals surface area contributed by atoms with Crippen LogP contribution in [0.4, 0.5) is 0 Å². The highest BCUT2D eigenvalue weighted by Gasteiger charge is 2.22. The maximum absolute atomic E-state index is 11.8. The minimum atomic E-state index is -0.307. The third-order valence-electron chi connectivity index (χ3n) is 5.06. The van der Waals surface area contributed by atoms with Gasteiger partial charge in [0.05, 0.1) is 5.92 Å². The number of amides is 1. The summed E-state index contributed by atoms with van der Waals surface area (Å²) in [5.74, 6) is 0.0655. The molecule has 0 radical (unpaired) electrons. The van der Waals surface area contributed by atoms with E-state index in [4.69, 9.17) is 21.8 Å². The van der Waals surface area contributed by atoms with Gasteiger partial charge in [-0.25, -0.2) is 4.98 Å². The van der Waals surface area contributed by atoms with Crippen molar-refractivity contribution >= 4 is 28.6 Å². The van der Waals surface area contributed by atoms with Crippen LogP contribution in [0.25, 0.3) is 33.7 Å². The molecular formula is C24H21ClN2O2. The number of hydrogen-bond acceptors (Lipinski definition) is 3. The van der Waals surface area contributed by atoms with Gasteiger partial charge in [-0.1, -0.05) is 67.9 Å². The summed E-state index contributed by atoms with van der Waals surface area (Å²) in [6.45, 7) is 4.00. The highest BCUT2D eigenvalue weighted by atomic mass is 35.5. The fraction of sp³-hybridized carbons (Fsp3) is 0.167. The first-order valence-corrected chi connectivity index (χ1v) is 9.87. The lowest BCUT2D eigenvalue weighted by molar-refractivity contribution is -0.120. The van der Waals surface area contributed by atoms with Crippen LogP contribution in [0, 0.1) is 5.92 Å². The van der Waals surface area contributed by atoms with Crippen molar-refractivity contribution in [1.82, 2.24) is 4.98 Å². The maximum atomic E-state index is 11.8. The monoisotopic (exact) mass is 404 g/mol. The van der Waals surface area contributed by atoms with Crippen LogP contribution in [0.5, 0.6) is 0 Å².